The number of ether oxygens (including phenoxy) is 1. The molecule has 0 amide bonds. The number of hydrogen-bond donors (Lipinski definition) is 0. The summed E-state index contributed by atoms with van der Waals surface area (Å²) in [6.45, 7) is 7.74. The smallest absolute Gasteiger partial charge is 0.0714 e. The van der Waals surface area contributed by atoms with E-state index in [-0.39, 0.29) is 0 Å². The van der Waals surface area contributed by atoms with Crippen LogP contribution in [-0.2, 0) is 4.74 Å². The largest absolute Gasteiger partial charge is 0.377 e. The van der Waals surface area contributed by atoms with Gasteiger partial charge in [0.15, 0.2) is 0 Å². The van der Waals surface area contributed by atoms with Crippen molar-refractivity contribution in [2.45, 2.75) is 32.8 Å². The first-order valence-corrected chi connectivity index (χ1v) is 4.98. The molecule has 1 rings (SSSR count). The van der Waals surface area contributed by atoms with Crippen molar-refractivity contribution >= 4 is 0 Å². The van der Waals surface area contributed by atoms with E-state index in [1.54, 1.807) is 0 Å². The Morgan fingerprint density at radius 1 is 1.50 bits per heavy atom. The van der Waals surface area contributed by atoms with Crippen LogP contribution in [0.15, 0.2) is 0 Å². The summed E-state index contributed by atoms with van der Waals surface area (Å²) >= 11 is 0. The molecule has 1 atom stereocenters. The lowest BCUT2D eigenvalue weighted by molar-refractivity contribution is 0.0540. The van der Waals surface area contributed by atoms with Crippen LogP contribution in [0.1, 0.15) is 26.7 Å². The van der Waals surface area contributed by atoms with Crippen LogP contribution in [-0.4, -0.2) is 37.7 Å². The summed E-state index contributed by atoms with van der Waals surface area (Å²) in [5, 5.41) is 0. The Balaban J connectivity index is 2.00. The van der Waals surface area contributed by atoms with Crippen molar-refractivity contribution in [2.24, 2.45) is 5.92 Å². The van der Waals surface area contributed by atoms with Gasteiger partial charge < -0.3 is 9.64 Å². The van der Waals surface area contributed by atoms with Gasteiger partial charge in [-0.2, -0.15) is 0 Å². The molecule has 1 saturated heterocycles. The van der Waals surface area contributed by atoms with Gasteiger partial charge in [0, 0.05) is 19.7 Å². The topological polar surface area (TPSA) is 12.5 Å². The van der Waals surface area contributed by atoms with Crippen LogP contribution < -0.4 is 0 Å². The summed E-state index contributed by atoms with van der Waals surface area (Å²) in [7, 11) is 2.16. The Labute approximate surface area is 75.9 Å². The lowest BCUT2D eigenvalue weighted by Crippen LogP contribution is -2.19. The molecule has 0 aromatic heterocycles. The minimum Gasteiger partial charge on any atom is -0.377 e. The highest BCUT2D eigenvalue weighted by atomic mass is 16.5. The number of rotatable bonds is 4. The number of nitrogens with zero attached hydrogens (tertiary/aromatic N) is 1. The van der Waals surface area contributed by atoms with Crippen LogP contribution in [0.2, 0.25) is 0 Å². The molecule has 0 radical (unpaired) electrons. The molecule has 1 unspecified atom stereocenters. The fourth-order valence-electron chi connectivity index (χ4n) is 1.50. The summed E-state index contributed by atoms with van der Waals surface area (Å²) in [6.07, 6.45) is 2.92. The summed E-state index contributed by atoms with van der Waals surface area (Å²) in [5.41, 5.74) is 0. The van der Waals surface area contributed by atoms with Gasteiger partial charge in [-0.15, -0.1) is 0 Å². The molecule has 2 heteroatoms. The number of hydrogen-bond acceptors (Lipinski definition) is 2. The van der Waals surface area contributed by atoms with Crippen molar-refractivity contribution in [1.29, 1.82) is 0 Å². The summed E-state index contributed by atoms with van der Waals surface area (Å²) in [6, 6.07) is 0. The maximum Gasteiger partial charge on any atom is 0.0714 e. The molecule has 12 heavy (non-hydrogen) atoms. The molecule has 0 aromatic carbocycles. The van der Waals surface area contributed by atoms with Gasteiger partial charge in [-0.3, -0.25) is 0 Å². The standard InChI is InChI=1S/C10H21NO/c1-9(2)5-7-12-10-4-6-11(3)8-10/h9-10H,4-8H2,1-3H3. The van der Waals surface area contributed by atoms with E-state index >= 15 is 0 Å². The number of likely N-dealkylation sites (tertiary alicyclic amines) is 1. The zero-order chi connectivity index (χ0) is 8.97. The monoisotopic (exact) mass is 171 g/mol. The molecule has 0 spiro atoms. The van der Waals surface area contributed by atoms with Gasteiger partial charge in [-0.25, -0.2) is 0 Å². The van der Waals surface area contributed by atoms with Crippen LogP contribution in [0.3, 0.4) is 0 Å². The highest BCUT2D eigenvalue weighted by Crippen LogP contribution is 2.11. The highest BCUT2D eigenvalue weighted by Gasteiger charge is 2.19. The van der Waals surface area contributed by atoms with Crippen LogP contribution in [0.25, 0.3) is 0 Å². The van der Waals surface area contributed by atoms with Gasteiger partial charge in [0.25, 0.3) is 0 Å². The van der Waals surface area contributed by atoms with Crippen LogP contribution in [0, 0.1) is 5.92 Å². The molecular formula is C10H21NO. The predicted molar refractivity (Wildman–Crippen MR) is 51.3 cm³/mol. The van der Waals surface area contributed by atoms with Gasteiger partial charge in [-0.1, -0.05) is 13.8 Å². The second kappa shape index (κ2) is 4.83. The number of likely N-dealkylation sites (N-methyl/N-ethyl adjacent to an activating group) is 1. The maximum absolute atomic E-state index is 5.74. The third kappa shape index (κ3) is 3.55. The lowest BCUT2D eigenvalue weighted by Gasteiger charge is -2.12. The molecule has 0 saturated carbocycles. The van der Waals surface area contributed by atoms with E-state index < -0.39 is 0 Å². The van der Waals surface area contributed by atoms with E-state index in [0.29, 0.717) is 6.10 Å². The maximum atomic E-state index is 5.74. The SMILES string of the molecule is CC(C)CCOC1CCN(C)C1. The molecule has 1 heterocycles. The molecule has 1 aliphatic rings. The Bertz CT molecular complexity index is 125. The van der Waals surface area contributed by atoms with E-state index in [0.717, 1.165) is 19.1 Å². The average Bonchev–Trinajstić information content (AvgIpc) is 2.35. The molecular weight excluding hydrogens is 150 g/mol. The molecule has 0 aliphatic carbocycles. The van der Waals surface area contributed by atoms with Crippen molar-refractivity contribution in [3.05, 3.63) is 0 Å². The molecule has 1 aliphatic heterocycles. The van der Waals surface area contributed by atoms with Gasteiger partial charge in [0.2, 0.25) is 0 Å². The molecule has 0 N–H and O–H groups in total. The Kier molecular flexibility index (Phi) is 4.02. The van der Waals surface area contributed by atoms with E-state index in [1.807, 2.05) is 0 Å². The quantitative estimate of drug-likeness (QED) is 0.639. The van der Waals surface area contributed by atoms with E-state index in [9.17, 15) is 0 Å². The fourth-order valence-corrected chi connectivity index (χ4v) is 1.50. The molecule has 0 aromatic rings. The van der Waals surface area contributed by atoms with Gasteiger partial charge in [0.1, 0.15) is 0 Å². The van der Waals surface area contributed by atoms with E-state index in [2.05, 4.69) is 25.8 Å². The third-order valence-corrected chi connectivity index (χ3v) is 2.40. The second-order valence-corrected chi connectivity index (χ2v) is 4.23. The first-order chi connectivity index (χ1) is 5.68. The average molecular weight is 171 g/mol. The third-order valence-electron chi connectivity index (χ3n) is 2.40. The summed E-state index contributed by atoms with van der Waals surface area (Å²) in [5.74, 6) is 0.768. The fraction of sp³-hybridized carbons (Fsp3) is 1.00. The summed E-state index contributed by atoms with van der Waals surface area (Å²) < 4.78 is 5.74. The Hall–Kier alpha value is -0.0800. The van der Waals surface area contributed by atoms with Crippen LogP contribution in [0.5, 0.6) is 0 Å². The predicted octanol–water partition coefficient (Wildman–Crippen LogP) is 1.75. The Morgan fingerprint density at radius 3 is 2.75 bits per heavy atom. The van der Waals surface area contributed by atoms with Gasteiger partial charge in [-0.05, 0) is 25.8 Å². The van der Waals surface area contributed by atoms with E-state index in [4.69, 9.17) is 4.74 Å². The van der Waals surface area contributed by atoms with E-state index in [1.165, 1.54) is 19.4 Å². The molecule has 72 valence electrons. The molecule has 1 fully saturated rings. The van der Waals surface area contributed by atoms with Crippen molar-refractivity contribution in [2.75, 3.05) is 26.7 Å². The van der Waals surface area contributed by atoms with Crippen molar-refractivity contribution in [3.63, 3.8) is 0 Å². The zero-order valence-electron chi connectivity index (χ0n) is 8.55. The Morgan fingerprint density at radius 2 is 2.25 bits per heavy atom. The van der Waals surface area contributed by atoms with Crippen LogP contribution in [0.4, 0.5) is 0 Å². The first-order valence-electron chi connectivity index (χ1n) is 4.98. The second-order valence-electron chi connectivity index (χ2n) is 4.23. The minimum atomic E-state index is 0.508. The zero-order valence-corrected chi connectivity index (χ0v) is 8.55. The van der Waals surface area contributed by atoms with Gasteiger partial charge >= 0.3 is 0 Å². The lowest BCUT2D eigenvalue weighted by atomic mass is 10.1. The first kappa shape index (κ1) is 10.0. The van der Waals surface area contributed by atoms with Crippen molar-refractivity contribution < 1.29 is 4.74 Å². The highest BCUT2D eigenvalue weighted by molar-refractivity contribution is 4.72. The van der Waals surface area contributed by atoms with Gasteiger partial charge in [0.05, 0.1) is 6.10 Å². The normalized spacial score (nSPS) is 25.5. The minimum absolute atomic E-state index is 0.508. The summed E-state index contributed by atoms with van der Waals surface area (Å²) in [4.78, 5) is 2.33. The molecule has 0 bridgehead atoms. The van der Waals surface area contributed by atoms with Crippen LogP contribution >= 0.6 is 0 Å². The molecule has 2 nitrogen and oxygen atoms in total. The van der Waals surface area contributed by atoms with Crippen molar-refractivity contribution in [1.82, 2.24) is 4.90 Å². The van der Waals surface area contributed by atoms with Crippen molar-refractivity contribution in [3.8, 4) is 0 Å².